The minimum Gasteiger partial charge on any atom is -0.383 e. The van der Waals surface area contributed by atoms with Gasteiger partial charge in [0, 0.05) is 36.6 Å². The summed E-state index contributed by atoms with van der Waals surface area (Å²) in [6.45, 7) is 6.33. The number of methoxy groups -OCH3 is 1. The van der Waals surface area contributed by atoms with Crippen LogP contribution >= 0.6 is 11.6 Å². The molecule has 1 heterocycles. The molecule has 1 aliphatic rings. The monoisotopic (exact) mass is 455 g/mol. The van der Waals surface area contributed by atoms with E-state index in [0.717, 1.165) is 22.4 Å². The van der Waals surface area contributed by atoms with E-state index in [4.69, 9.17) is 16.3 Å². The molecule has 7 heteroatoms. The summed E-state index contributed by atoms with van der Waals surface area (Å²) in [4.78, 5) is 27.6. The highest BCUT2D eigenvalue weighted by Gasteiger charge is 2.35. The maximum absolute atomic E-state index is 13.4. The molecule has 0 bridgehead atoms. The Hall–Kier alpha value is -2.70. The highest BCUT2D eigenvalue weighted by molar-refractivity contribution is 6.34. The lowest BCUT2D eigenvalue weighted by atomic mass is 9.97. The number of rotatable bonds is 8. The Balaban J connectivity index is 1.91. The first kappa shape index (κ1) is 24.0. The van der Waals surface area contributed by atoms with Crippen LogP contribution in [0.4, 0.5) is 0 Å². The molecular weight excluding hydrogens is 426 g/mol. The Morgan fingerprint density at radius 1 is 1.19 bits per heavy atom. The molecule has 0 aliphatic carbocycles. The molecule has 0 aromatic heterocycles. The second-order valence-corrected chi connectivity index (χ2v) is 8.71. The van der Waals surface area contributed by atoms with Crippen molar-refractivity contribution in [1.29, 1.82) is 0 Å². The molecule has 2 aromatic carbocycles. The van der Waals surface area contributed by atoms with Gasteiger partial charge < -0.3 is 9.64 Å². The summed E-state index contributed by atoms with van der Waals surface area (Å²) in [6.07, 6.45) is 0.550. The van der Waals surface area contributed by atoms with Crippen LogP contribution in [0.2, 0.25) is 5.02 Å². The first-order valence-corrected chi connectivity index (χ1v) is 11.2. The van der Waals surface area contributed by atoms with Gasteiger partial charge in [0.25, 0.3) is 5.91 Å². The normalized spacial score (nSPS) is 15.8. The Morgan fingerprint density at radius 2 is 1.88 bits per heavy atom. The number of hydrazone groups is 1. The third-order valence-electron chi connectivity index (χ3n) is 5.51. The topological polar surface area (TPSA) is 62.2 Å². The van der Waals surface area contributed by atoms with Crippen molar-refractivity contribution in [3.8, 4) is 0 Å². The fourth-order valence-corrected chi connectivity index (χ4v) is 3.96. The van der Waals surface area contributed by atoms with E-state index in [0.29, 0.717) is 24.6 Å². The molecule has 0 radical (unpaired) electrons. The van der Waals surface area contributed by atoms with Crippen LogP contribution < -0.4 is 0 Å². The predicted molar refractivity (Wildman–Crippen MR) is 127 cm³/mol. The summed E-state index contributed by atoms with van der Waals surface area (Å²) in [5, 5.41) is 6.79. The smallest absolute Gasteiger partial charge is 0.262 e. The van der Waals surface area contributed by atoms with Crippen LogP contribution in [0.3, 0.4) is 0 Å². The second-order valence-electron chi connectivity index (χ2n) is 8.30. The van der Waals surface area contributed by atoms with Gasteiger partial charge in [0.2, 0.25) is 5.91 Å². The van der Waals surface area contributed by atoms with Crippen LogP contribution in [0.15, 0.2) is 53.6 Å². The maximum atomic E-state index is 13.4. The first-order valence-electron chi connectivity index (χ1n) is 10.8. The van der Waals surface area contributed by atoms with E-state index in [-0.39, 0.29) is 30.3 Å². The lowest BCUT2D eigenvalue weighted by Crippen LogP contribution is -2.44. The number of aryl methyl sites for hydroxylation is 1. The van der Waals surface area contributed by atoms with Crippen molar-refractivity contribution in [1.82, 2.24) is 9.91 Å². The highest BCUT2D eigenvalue weighted by Crippen LogP contribution is 2.34. The van der Waals surface area contributed by atoms with Gasteiger partial charge >= 0.3 is 0 Å². The average Bonchev–Trinajstić information content (AvgIpc) is 3.22. The van der Waals surface area contributed by atoms with E-state index in [2.05, 4.69) is 5.10 Å². The number of amides is 2. The van der Waals surface area contributed by atoms with Gasteiger partial charge in [-0.1, -0.05) is 73.5 Å². The Labute approximate surface area is 194 Å². The van der Waals surface area contributed by atoms with Gasteiger partial charge in [-0.25, -0.2) is 5.01 Å². The summed E-state index contributed by atoms with van der Waals surface area (Å²) in [7, 11) is 1.58. The molecule has 0 N–H and O–H groups in total. The first-order chi connectivity index (χ1) is 15.3. The van der Waals surface area contributed by atoms with Gasteiger partial charge in [0.15, 0.2) is 0 Å². The highest BCUT2D eigenvalue weighted by atomic mass is 35.5. The zero-order valence-corrected chi connectivity index (χ0v) is 19.8. The zero-order valence-electron chi connectivity index (χ0n) is 19.0. The van der Waals surface area contributed by atoms with Gasteiger partial charge in [0.05, 0.1) is 18.4 Å². The van der Waals surface area contributed by atoms with Crippen molar-refractivity contribution < 1.29 is 14.3 Å². The van der Waals surface area contributed by atoms with Crippen molar-refractivity contribution in [2.24, 2.45) is 11.0 Å². The van der Waals surface area contributed by atoms with E-state index < -0.39 is 0 Å². The minimum atomic E-state index is -0.257. The van der Waals surface area contributed by atoms with Crippen molar-refractivity contribution in [2.75, 3.05) is 26.8 Å². The van der Waals surface area contributed by atoms with Crippen molar-refractivity contribution in [2.45, 2.75) is 33.2 Å². The fourth-order valence-electron chi connectivity index (χ4n) is 3.72. The van der Waals surface area contributed by atoms with Crippen LogP contribution in [0.5, 0.6) is 0 Å². The number of halogens is 1. The second kappa shape index (κ2) is 10.7. The van der Waals surface area contributed by atoms with Gasteiger partial charge in [0.1, 0.15) is 6.54 Å². The van der Waals surface area contributed by atoms with E-state index in [1.807, 2.05) is 69.3 Å². The quantitative estimate of drug-likeness (QED) is 0.590. The molecule has 170 valence electrons. The van der Waals surface area contributed by atoms with Gasteiger partial charge in [-0.2, -0.15) is 5.10 Å². The van der Waals surface area contributed by atoms with Gasteiger partial charge in [-0.05, 0) is 18.6 Å². The molecule has 1 atom stereocenters. The Morgan fingerprint density at radius 3 is 2.50 bits per heavy atom. The van der Waals surface area contributed by atoms with Crippen molar-refractivity contribution in [3.63, 3.8) is 0 Å². The summed E-state index contributed by atoms with van der Waals surface area (Å²) in [5.41, 5.74) is 3.71. The Kier molecular flexibility index (Phi) is 8.04. The Bertz CT molecular complexity index is 988. The molecule has 3 rings (SSSR count). The average molecular weight is 456 g/mol. The molecular formula is C25H30ClN3O3. The molecule has 1 aliphatic heterocycles. The van der Waals surface area contributed by atoms with Crippen LogP contribution in [0.25, 0.3) is 0 Å². The van der Waals surface area contributed by atoms with E-state index in [1.165, 1.54) is 5.01 Å². The number of ether oxygens (including phenoxy) is 1. The summed E-state index contributed by atoms with van der Waals surface area (Å²) >= 11 is 6.41. The predicted octanol–water partition coefficient (Wildman–Crippen LogP) is 4.46. The molecule has 0 fully saturated rings. The minimum absolute atomic E-state index is 0.0535. The van der Waals surface area contributed by atoms with Crippen LogP contribution in [-0.4, -0.2) is 54.2 Å². The summed E-state index contributed by atoms with van der Waals surface area (Å²) in [6, 6.07) is 15.3. The zero-order chi connectivity index (χ0) is 23.3. The molecule has 2 amide bonds. The molecule has 0 spiro atoms. The van der Waals surface area contributed by atoms with Crippen LogP contribution in [0.1, 0.15) is 43.0 Å². The molecule has 32 heavy (non-hydrogen) atoms. The number of hydrogen-bond donors (Lipinski definition) is 0. The van der Waals surface area contributed by atoms with Crippen LogP contribution in [-0.2, 0) is 14.3 Å². The maximum Gasteiger partial charge on any atom is 0.262 e. The largest absolute Gasteiger partial charge is 0.383 e. The fraction of sp³-hybridized carbons (Fsp3) is 0.400. The number of benzene rings is 2. The number of hydrogen-bond acceptors (Lipinski definition) is 4. The summed E-state index contributed by atoms with van der Waals surface area (Å²) in [5.74, 6) is -0.534. The lowest BCUT2D eigenvalue weighted by Gasteiger charge is -2.28. The summed E-state index contributed by atoms with van der Waals surface area (Å²) < 4.78 is 5.14. The standard InChI is InChI=1S/C25H30ClN3O3/c1-17(2)25(31)28(13-14-32-4)16-24(30)29-23(19-11-9-18(3)10-12-19)15-22(27-29)20-7-5-6-8-21(20)26/h5-12,17,23H,13-16H2,1-4H3/t23-/m1/s1. The van der Waals surface area contributed by atoms with Gasteiger partial charge in [-0.3, -0.25) is 9.59 Å². The van der Waals surface area contributed by atoms with E-state index in [1.54, 1.807) is 12.0 Å². The molecule has 2 aromatic rings. The van der Waals surface area contributed by atoms with E-state index in [9.17, 15) is 9.59 Å². The molecule has 0 unspecified atom stereocenters. The number of carbonyl (C=O) groups excluding carboxylic acids is 2. The van der Waals surface area contributed by atoms with Gasteiger partial charge in [-0.15, -0.1) is 0 Å². The van der Waals surface area contributed by atoms with Crippen molar-refractivity contribution in [3.05, 3.63) is 70.2 Å². The third-order valence-corrected chi connectivity index (χ3v) is 5.84. The third kappa shape index (κ3) is 5.56. The van der Waals surface area contributed by atoms with Crippen molar-refractivity contribution >= 4 is 29.1 Å². The molecule has 6 nitrogen and oxygen atoms in total. The molecule has 0 saturated carbocycles. The van der Waals surface area contributed by atoms with E-state index >= 15 is 0 Å². The number of carbonyl (C=O) groups is 2. The SMILES string of the molecule is COCCN(CC(=O)N1N=C(c2ccccc2Cl)C[C@@H]1c1ccc(C)cc1)C(=O)C(C)C. The molecule has 0 saturated heterocycles. The lowest BCUT2D eigenvalue weighted by molar-refractivity contribution is -0.143. The number of nitrogens with zero attached hydrogens (tertiary/aromatic N) is 3. The van der Waals surface area contributed by atoms with Crippen LogP contribution in [0, 0.1) is 12.8 Å².